The largest absolute Gasteiger partial charge is 0.464 e. The molecule has 20 heavy (non-hydrogen) atoms. The van der Waals surface area contributed by atoms with Gasteiger partial charge in [0.1, 0.15) is 0 Å². The molecule has 3 heterocycles. The summed E-state index contributed by atoms with van der Waals surface area (Å²) in [4.78, 5) is 26.2. The van der Waals surface area contributed by atoms with Crippen molar-refractivity contribution in [2.45, 2.75) is 25.8 Å². The summed E-state index contributed by atoms with van der Waals surface area (Å²) in [5.41, 5.74) is 0. The van der Waals surface area contributed by atoms with E-state index in [1.165, 1.54) is 0 Å². The van der Waals surface area contributed by atoms with Gasteiger partial charge in [-0.15, -0.1) is 0 Å². The Hall–Kier alpha value is -1.63. The highest BCUT2D eigenvalue weighted by atomic mass is 35.5. The molecule has 2 aliphatic heterocycles. The molecular weight excluding hydrogens is 282 g/mol. The van der Waals surface area contributed by atoms with Crippen molar-refractivity contribution in [2.24, 2.45) is 5.92 Å². The number of halogens is 1. The number of carbonyl (C=O) groups is 1. The molecule has 0 bridgehead atoms. The quantitative estimate of drug-likeness (QED) is 0.882. The SMILES string of the molecule is CCOc1nc(Cl)nc(N2CCCC3C(=O)NCC32)n1. The van der Waals surface area contributed by atoms with E-state index in [0.717, 1.165) is 19.4 Å². The van der Waals surface area contributed by atoms with Gasteiger partial charge in [-0.05, 0) is 31.4 Å². The zero-order chi connectivity index (χ0) is 14.1. The zero-order valence-electron chi connectivity index (χ0n) is 11.2. The Morgan fingerprint density at radius 1 is 1.45 bits per heavy atom. The smallest absolute Gasteiger partial charge is 0.322 e. The molecule has 0 aliphatic carbocycles. The number of amides is 1. The van der Waals surface area contributed by atoms with Crippen molar-refractivity contribution >= 4 is 23.5 Å². The monoisotopic (exact) mass is 297 g/mol. The molecule has 2 aliphatic rings. The fourth-order valence-corrected chi connectivity index (χ4v) is 2.99. The van der Waals surface area contributed by atoms with Crippen molar-refractivity contribution in [3.63, 3.8) is 0 Å². The predicted molar refractivity (Wildman–Crippen MR) is 72.9 cm³/mol. The summed E-state index contributed by atoms with van der Waals surface area (Å²) >= 11 is 5.93. The van der Waals surface area contributed by atoms with Crippen LogP contribution in [0, 0.1) is 5.92 Å². The molecule has 2 atom stereocenters. The predicted octanol–water partition coefficient (Wildman–Crippen LogP) is 0.638. The highest BCUT2D eigenvalue weighted by molar-refractivity contribution is 6.28. The Kier molecular flexibility index (Phi) is 3.60. The van der Waals surface area contributed by atoms with Crippen molar-refractivity contribution in [1.29, 1.82) is 0 Å². The molecule has 1 aromatic heterocycles. The van der Waals surface area contributed by atoms with Crippen molar-refractivity contribution in [3.05, 3.63) is 5.28 Å². The second kappa shape index (κ2) is 5.40. The number of rotatable bonds is 3. The first kappa shape index (κ1) is 13.4. The normalized spacial score (nSPS) is 25.3. The average molecular weight is 298 g/mol. The van der Waals surface area contributed by atoms with Gasteiger partial charge in [0, 0.05) is 13.1 Å². The van der Waals surface area contributed by atoms with Crippen molar-refractivity contribution in [1.82, 2.24) is 20.3 Å². The fraction of sp³-hybridized carbons (Fsp3) is 0.667. The summed E-state index contributed by atoms with van der Waals surface area (Å²) in [6.07, 6.45) is 1.84. The van der Waals surface area contributed by atoms with Crippen LogP contribution in [0.25, 0.3) is 0 Å². The molecule has 1 amide bonds. The molecule has 1 N–H and O–H groups in total. The van der Waals surface area contributed by atoms with Crippen LogP contribution in [-0.2, 0) is 4.79 Å². The summed E-state index contributed by atoms with van der Waals surface area (Å²) in [5, 5.41) is 3.01. The van der Waals surface area contributed by atoms with Gasteiger partial charge < -0.3 is 15.0 Å². The standard InChI is InChI=1S/C12H16ClN5O2/c1-2-20-12-16-10(13)15-11(17-12)18-5-3-4-7-8(18)6-14-9(7)19/h7-8H,2-6H2,1H3,(H,14,19). The maximum atomic E-state index is 11.8. The van der Waals surface area contributed by atoms with Crippen LogP contribution in [0.3, 0.4) is 0 Å². The van der Waals surface area contributed by atoms with Gasteiger partial charge in [0.05, 0.1) is 18.6 Å². The number of nitrogens with one attached hydrogen (secondary N) is 1. The molecule has 2 unspecified atom stereocenters. The van der Waals surface area contributed by atoms with E-state index in [0.29, 0.717) is 19.1 Å². The van der Waals surface area contributed by atoms with E-state index in [2.05, 4.69) is 20.3 Å². The number of hydrogen-bond acceptors (Lipinski definition) is 6. The number of aromatic nitrogens is 3. The molecule has 0 saturated carbocycles. The summed E-state index contributed by atoms with van der Waals surface area (Å²) in [7, 11) is 0. The lowest BCUT2D eigenvalue weighted by Gasteiger charge is -2.35. The van der Waals surface area contributed by atoms with E-state index in [-0.39, 0.29) is 29.2 Å². The van der Waals surface area contributed by atoms with Crippen molar-refractivity contribution < 1.29 is 9.53 Å². The first-order valence-corrected chi connectivity index (χ1v) is 7.15. The van der Waals surface area contributed by atoms with Gasteiger partial charge in [0.2, 0.25) is 17.1 Å². The molecular formula is C12H16ClN5O2. The molecule has 0 spiro atoms. The van der Waals surface area contributed by atoms with Crippen molar-refractivity contribution in [2.75, 3.05) is 24.6 Å². The van der Waals surface area contributed by atoms with E-state index in [1.807, 2.05) is 11.8 Å². The number of fused-ring (bicyclic) bond motifs is 1. The number of ether oxygens (including phenoxy) is 1. The first-order chi connectivity index (χ1) is 9.69. The Bertz CT molecular complexity index is 527. The van der Waals surface area contributed by atoms with E-state index in [4.69, 9.17) is 16.3 Å². The molecule has 108 valence electrons. The van der Waals surface area contributed by atoms with Crippen LogP contribution in [0.15, 0.2) is 0 Å². The third-order valence-electron chi connectivity index (χ3n) is 3.71. The minimum absolute atomic E-state index is 0.00911. The molecule has 0 radical (unpaired) electrons. The molecule has 7 nitrogen and oxygen atoms in total. The van der Waals surface area contributed by atoms with Crippen LogP contribution in [0.4, 0.5) is 5.95 Å². The number of anilines is 1. The minimum atomic E-state index is 0.00911. The van der Waals surface area contributed by atoms with Crippen LogP contribution in [0.1, 0.15) is 19.8 Å². The van der Waals surface area contributed by atoms with Gasteiger partial charge in [0.15, 0.2) is 0 Å². The summed E-state index contributed by atoms with van der Waals surface area (Å²) < 4.78 is 5.29. The molecule has 3 rings (SSSR count). The van der Waals surface area contributed by atoms with Crippen LogP contribution < -0.4 is 15.0 Å². The van der Waals surface area contributed by atoms with Crippen LogP contribution in [0.5, 0.6) is 6.01 Å². The lowest BCUT2D eigenvalue weighted by molar-refractivity contribution is -0.123. The van der Waals surface area contributed by atoms with Crippen LogP contribution in [0.2, 0.25) is 5.28 Å². The third kappa shape index (κ3) is 2.37. The Labute approximate surface area is 121 Å². The van der Waals surface area contributed by atoms with E-state index in [1.54, 1.807) is 0 Å². The lowest BCUT2D eigenvalue weighted by Crippen LogP contribution is -2.46. The Balaban J connectivity index is 1.89. The van der Waals surface area contributed by atoms with Crippen molar-refractivity contribution in [3.8, 4) is 6.01 Å². The van der Waals surface area contributed by atoms with Gasteiger partial charge in [-0.1, -0.05) is 0 Å². The number of nitrogens with zero attached hydrogens (tertiary/aromatic N) is 4. The Morgan fingerprint density at radius 2 is 2.30 bits per heavy atom. The highest BCUT2D eigenvalue weighted by Crippen LogP contribution is 2.30. The molecule has 8 heteroatoms. The molecule has 2 saturated heterocycles. The van der Waals surface area contributed by atoms with Crippen LogP contribution >= 0.6 is 11.6 Å². The number of hydrogen-bond donors (Lipinski definition) is 1. The first-order valence-electron chi connectivity index (χ1n) is 6.77. The van der Waals surface area contributed by atoms with Gasteiger partial charge in [0.25, 0.3) is 0 Å². The maximum Gasteiger partial charge on any atom is 0.322 e. The number of piperidine rings is 1. The molecule has 2 fully saturated rings. The van der Waals surface area contributed by atoms with E-state index >= 15 is 0 Å². The summed E-state index contributed by atoms with van der Waals surface area (Å²) in [5.74, 6) is 0.611. The second-order valence-electron chi connectivity index (χ2n) is 4.87. The zero-order valence-corrected chi connectivity index (χ0v) is 11.9. The van der Waals surface area contributed by atoms with Gasteiger partial charge in [-0.25, -0.2) is 0 Å². The summed E-state index contributed by atoms with van der Waals surface area (Å²) in [6.45, 7) is 3.75. The fourth-order valence-electron chi connectivity index (χ4n) is 2.84. The summed E-state index contributed by atoms with van der Waals surface area (Å²) in [6, 6.07) is 0.311. The Morgan fingerprint density at radius 3 is 3.10 bits per heavy atom. The highest BCUT2D eigenvalue weighted by Gasteiger charge is 2.41. The lowest BCUT2D eigenvalue weighted by atomic mass is 9.92. The van der Waals surface area contributed by atoms with E-state index < -0.39 is 0 Å². The molecule has 0 aromatic carbocycles. The second-order valence-corrected chi connectivity index (χ2v) is 5.21. The molecule has 1 aromatic rings. The average Bonchev–Trinajstić information content (AvgIpc) is 2.80. The maximum absolute atomic E-state index is 11.8. The van der Waals surface area contributed by atoms with E-state index in [9.17, 15) is 4.79 Å². The minimum Gasteiger partial charge on any atom is -0.464 e. The number of carbonyl (C=O) groups excluding carboxylic acids is 1. The van der Waals surface area contributed by atoms with Gasteiger partial charge in [-0.2, -0.15) is 15.0 Å². The third-order valence-corrected chi connectivity index (χ3v) is 3.88. The van der Waals surface area contributed by atoms with Gasteiger partial charge in [-0.3, -0.25) is 4.79 Å². The van der Waals surface area contributed by atoms with Crippen LogP contribution in [-0.4, -0.2) is 46.6 Å². The van der Waals surface area contributed by atoms with Gasteiger partial charge >= 0.3 is 6.01 Å². The topological polar surface area (TPSA) is 80.2 Å².